The van der Waals surface area contributed by atoms with E-state index in [2.05, 4.69) is 26.7 Å². The number of nitrogens with zero attached hydrogens (tertiary/aromatic N) is 4. The second kappa shape index (κ2) is 7.37. The molecule has 0 atom stereocenters. The van der Waals surface area contributed by atoms with Crippen molar-refractivity contribution in [1.82, 2.24) is 20.0 Å². The number of nitrogens with one attached hydrogen (secondary N) is 1. The number of aryl methyl sites for hydroxylation is 1. The summed E-state index contributed by atoms with van der Waals surface area (Å²) >= 11 is 0. The Hall–Kier alpha value is -3.54. The third kappa shape index (κ3) is 3.84. The number of hydrogen-bond acceptors (Lipinski definition) is 4. The molecule has 2 aromatic carbocycles. The lowest BCUT2D eigenvalue weighted by Gasteiger charge is -2.11. The van der Waals surface area contributed by atoms with E-state index in [9.17, 15) is 4.39 Å². The average molecular weight is 359 g/mol. The number of benzene rings is 2. The van der Waals surface area contributed by atoms with Crippen LogP contribution in [0.2, 0.25) is 0 Å². The molecule has 0 fully saturated rings. The molecule has 0 aliphatic carbocycles. The zero-order chi connectivity index (χ0) is 18.6. The number of anilines is 1. The van der Waals surface area contributed by atoms with Gasteiger partial charge in [0.15, 0.2) is 0 Å². The molecule has 4 aromatic rings. The van der Waals surface area contributed by atoms with Gasteiger partial charge in [0.2, 0.25) is 0 Å². The van der Waals surface area contributed by atoms with E-state index in [4.69, 9.17) is 0 Å². The van der Waals surface area contributed by atoms with E-state index >= 15 is 0 Å². The molecule has 0 aliphatic heterocycles. The smallest absolute Gasteiger partial charge is 0.148 e. The number of hydrogen-bond donors (Lipinski definition) is 1. The van der Waals surface area contributed by atoms with Gasteiger partial charge in [-0.05, 0) is 61.0 Å². The minimum absolute atomic E-state index is 0.268. The van der Waals surface area contributed by atoms with Crippen LogP contribution in [0.25, 0.3) is 16.9 Å². The number of halogens is 1. The predicted octanol–water partition coefficient (Wildman–Crippen LogP) is 4.39. The van der Waals surface area contributed by atoms with Crippen molar-refractivity contribution in [3.63, 3.8) is 0 Å². The van der Waals surface area contributed by atoms with Crippen molar-refractivity contribution in [2.24, 2.45) is 0 Å². The van der Waals surface area contributed by atoms with Crippen molar-refractivity contribution < 1.29 is 4.39 Å². The van der Waals surface area contributed by atoms with E-state index in [0.717, 1.165) is 22.5 Å². The molecule has 0 aliphatic rings. The van der Waals surface area contributed by atoms with Crippen molar-refractivity contribution in [3.8, 4) is 16.9 Å². The summed E-state index contributed by atoms with van der Waals surface area (Å²) in [4.78, 5) is 0. The summed E-state index contributed by atoms with van der Waals surface area (Å²) in [5.41, 5.74) is 4.63. The molecule has 0 bridgehead atoms. The zero-order valence-electron chi connectivity index (χ0n) is 14.8. The monoisotopic (exact) mass is 359 g/mol. The highest BCUT2D eigenvalue weighted by Gasteiger charge is 2.06. The molecule has 6 heteroatoms. The fraction of sp³-hybridized carbons (Fsp3) is 0.0952. The van der Waals surface area contributed by atoms with E-state index in [-0.39, 0.29) is 5.82 Å². The first-order valence-corrected chi connectivity index (χ1v) is 8.63. The maximum absolute atomic E-state index is 13.0. The quantitative estimate of drug-likeness (QED) is 0.574. The van der Waals surface area contributed by atoms with Crippen LogP contribution in [0.1, 0.15) is 11.3 Å². The summed E-state index contributed by atoms with van der Waals surface area (Å²) < 4.78 is 14.9. The standard InChI is InChI=1S/C21H18FN5/c1-15-12-13-27(26-15)20-5-3-2-4-17(20)14-23-21-11-10-19(24-25-21)16-6-8-18(22)9-7-16/h2-13H,14H2,1H3,(H,23,25). The summed E-state index contributed by atoms with van der Waals surface area (Å²) in [6.07, 6.45) is 1.95. The van der Waals surface area contributed by atoms with Crippen molar-refractivity contribution in [1.29, 1.82) is 0 Å². The highest BCUT2D eigenvalue weighted by molar-refractivity contribution is 5.59. The third-order valence-electron chi connectivity index (χ3n) is 4.23. The van der Waals surface area contributed by atoms with Crippen LogP contribution in [0, 0.1) is 12.7 Å². The van der Waals surface area contributed by atoms with E-state index < -0.39 is 0 Å². The minimum atomic E-state index is -0.268. The first-order chi connectivity index (χ1) is 13.2. The van der Waals surface area contributed by atoms with Crippen LogP contribution in [0.3, 0.4) is 0 Å². The summed E-state index contributed by atoms with van der Waals surface area (Å²) in [6.45, 7) is 2.56. The molecule has 0 saturated carbocycles. The number of para-hydroxylation sites is 1. The third-order valence-corrected chi connectivity index (χ3v) is 4.23. The van der Waals surface area contributed by atoms with Crippen LogP contribution < -0.4 is 5.32 Å². The van der Waals surface area contributed by atoms with Crippen molar-refractivity contribution in [3.05, 3.63) is 90.0 Å². The highest BCUT2D eigenvalue weighted by Crippen LogP contribution is 2.19. The summed E-state index contributed by atoms with van der Waals surface area (Å²) in [5.74, 6) is 0.406. The molecule has 27 heavy (non-hydrogen) atoms. The zero-order valence-corrected chi connectivity index (χ0v) is 14.8. The fourth-order valence-corrected chi connectivity index (χ4v) is 2.82. The normalized spacial score (nSPS) is 10.7. The van der Waals surface area contributed by atoms with E-state index in [1.54, 1.807) is 12.1 Å². The summed E-state index contributed by atoms with van der Waals surface area (Å²) in [6, 6.07) is 20.0. The van der Waals surface area contributed by atoms with Gasteiger partial charge in [-0.25, -0.2) is 9.07 Å². The highest BCUT2D eigenvalue weighted by atomic mass is 19.1. The van der Waals surface area contributed by atoms with Gasteiger partial charge in [-0.3, -0.25) is 0 Å². The molecule has 0 amide bonds. The second-order valence-corrected chi connectivity index (χ2v) is 6.19. The van der Waals surface area contributed by atoms with Crippen LogP contribution in [0.15, 0.2) is 72.9 Å². The predicted molar refractivity (Wildman–Crippen MR) is 103 cm³/mol. The molecule has 5 nitrogen and oxygen atoms in total. The lowest BCUT2D eigenvalue weighted by molar-refractivity contribution is 0.628. The van der Waals surface area contributed by atoms with Gasteiger partial charge in [0.05, 0.1) is 17.1 Å². The maximum Gasteiger partial charge on any atom is 0.148 e. The fourth-order valence-electron chi connectivity index (χ4n) is 2.82. The molecule has 0 saturated heterocycles. The molecular weight excluding hydrogens is 341 g/mol. The van der Waals surface area contributed by atoms with Crippen molar-refractivity contribution >= 4 is 5.82 Å². The SMILES string of the molecule is Cc1ccn(-c2ccccc2CNc2ccc(-c3ccc(F)cc3)nn2)n1. The maximum atomic E-state index is 13.0. The van der Waals surface area contributed by atoms with Crippen LogP contribution in [0.5, 0.6) is 0 Å². The Bertz CT molecular complexity index is 1040. The van der Waals surface area contributed by atoms with Crippen LogP contribution in [-0.4, -0.2) is 20.0 Å². The minimum Gasteiger partial charge on any atom is -0.364 e. The first kappa shape index (κ1) is 16.9. The average Bonchev–Trinajstić information content (AvgIpc) is 3.14. The van der Waals surface area contributed by atoms with E-state index in [1.807, 2.05) is 54.2 Å². The Morgan fingerprint density at radius 2 is 1.74 bits per heavy atom. The van der Waals surface area contributed by atoms with Crippen LogP contribution in [-0.2, 0) is 6.54 Å². The molecule has 0 unspecified atom stereocenters. The molecule has 4 rings (SSSR count). The largest absolute Gasteiger partial charge is 0.364 e. The first-order valence-electron chi connectivity index (χ1n) is 8.63. The van der Waals surface area contributed by atoms with Gasteiger partial charge in [-0.2, -0.15) is 5.10 Å². The van der Waals surface area contributed by atoms with Gasteiger partial charge in [0.25, 0.3) is 0 Å². The topological polar surface area (TPSA) is 55.6 Å². The lowest BCUT2D eigenvalue weighted by Crippen LogP contribution is -2.07. The van der Waals surface area contributed by atoms with Gasteiger partial charge in [-0.15, -0.1) is 10.2 Å². The number of aromatic nitrogens is 4. The van der Waals surface area contributed by atoms with Crippen LogP contribution >= 0.6 is 0 Å². The van der Waals surface area contributed by atoms with Gasteiger partial charge in [-0.1, -0.05) is 18.2 Å². The molecule has 2 aromatic heterocycles. The molecule has 1 N–H and O–H groups in total. The second-order valence-electron chi connectivity index (χ2n) is 6.19. The Morgan fingerprint density at radius 3 is 2.44 bits per heavy atom. The molecule has 134 valence electrons. The lowest BCUT2D eigenvalue weighted by atomic mass is 10.1. The molecule has 2 heterocycles. The summed E-state index contributed by atoms with van der Waals surface area (Å²) in [7, 11) is 0. The van der Waals surface area contributed by atoms with Crippen LogP contribution in [0.4, 0.5) is 10.2 Å². The molecule has 0 spiro atoms. The number of rotatable bonds is 5. The Kier molecular flexibility index (Phi) is 4.61. The van der Waals surface area contributed by atoms with Crippen molar-refractivity contribution in [2.75, 3.05) is 5.32 Å². The van der Waals surface area contributed by atoms with Gasteiger partial charge < -0.3 is 5.32 Å². The Labute approximate surface area is 156 Å². The summed E-state index contributed by atoms with van der Waals surface area (Å²) in [5, 5.41) is 16.2. The van der Waals surface area contributed by atoms with Gasteiger partial charge in [0.1, 0.15) is 11.6 Å². The Morgan fingerprint density at radius 1 is 0.926 bits per heavy atom. The van der Waals surface area contributed by atoms with E-state index in [0.29, 0.717) is 18.1 Å². The molecular formula is C21H18FN5. The molecule has 0 radical (unpaired) electrons. The van der Waals surface area contributed by atoms with Gasteiger partial charge >= 0.3 is 0 Å². The van der Waals surface area contributed by atoms with E-state index in [1.165, 1.54) is 12.1 Å². The Balaban J connectivity index is 1.49. The van der Waals surface area contributed by atoms with Crippen molar-refractivity contribution in [2.45, 2.75) is 13.5 Å². The van der Waals surface area contributed by atoms with Gasteiger partial charge in [0, 0.05) is 18.3 Å².